The normalized spacial score (nSPS) is 17.7. The van der Waals surface area contributed by atoms with Gasteiger partial charge in [-0.1, -0.05) is 31.5 Å². The summed E-state index contributed by atoms with van der Waals surface area (Å²) in [7, 11) is -1.70. The maximum absolute atomic E-state index is 12.9. The Hall–Kier alpha value is -1.44. The third-order valence-corrected chi connectivity index (χ3v) is 5.94. The van der Waals surface area contributed by atoms with Crippen LogP contribution in [0, 0.1) is 12.8 Å². The van der Waals surface area contributed by atoms with Gasteiger partial charge in [0.2, 0.25) is 15.9 Å². The van der Waals surface area contributed by atoms with Crippen molar-refractivity contribution in [3.05, 3.63) is 29.8 Å². The highest BCUT2D eigenvalue weighted by Gasteiger charge is 2.31. The first-order chi connectivity index (χ1) is 11.7. The van der Waals surface area contributed by atoms with E-state index < -0.39 is 16.1 Å². The van der Waals surface area contributed by atoms with Crippen LogP contribution in [0.15, 0.2) is 29.2 Å². The second-order valence-corrected chi connectivity index (χ2v) is 8.96. The number of hydrogen-bond donors (Lipinski definition) is 1. The zero-order valence-corrected chi connectivity index (χ0v) is 16.3. The molecule has 0 radical (unpaired) electrons. The second kappa shape index (κ2) is 8.29. The summed E-state index contributed by atoms with van der Waals surface area (Å²) in [6.45, 7) is 8.78. The third kappa shape index (κ3) is 5.52. The van der Waals surface area contributed by atoms with Crippen molar-refractivity contribution in [2.75, 3.05) is 33.2 Å². The van der Waals surface area contributed by atoms with Crippen molar-refractivity contribution in [3.63, 3.8) is 0 Å². The van der Waals surface area contributed by atoms with Crippen molar-refractivity contribution < 1.29 is 13.2 Å². The van der Waals surface area contributed by atoms with Crippen molar-refractivity contribution in [2.45, 2.75) is 38.1 Å². The highest BCUT2D eigenvalue weighted by atomic mass is 32.2. The van der Waals surface area contributed by atoms with Crippen molar-refractivity contribution in [1.29, 1.82) is 0 Å². The van der Waals surface area contributed by atoms with Gasteiger partial charge in [0.25, 0.3) is 0 Å². The number of carbonyl (C=O) groups excluding carboxylic acids is 1. The topological polar surface area (TPSA) is 69.7 Å². The number of piperazine rings is 1. The summed E-state index contributed by atoms with van der Waals surface area (Å²) in [5.74, 6) is 0.0830. The van der Waals surface area contributed by atoms with E-state index in [0.717, 1.165) is 18.7 Å². The lowest BCUT2D eigenvalue weighted by Crippen LogP contribution is -2.54. The van der Waals surface area contributed by atoms with Crippen molar-refractivity contribution in [1.82, 2.24) is 14.5 Å². The van der Waals surface area contributed by atoms with E-state index >= 15 is 0 Å². The number of sulfonamides is 1. The fourth-order valence-corrected chi connectivity index (χ4v) is 4.09. The highest BCUT2D eigenvalue weighted by molar-refractivity contribution is 7.89. The molecule has 1 amide bonds. The summed E-state index contributed by atoms with van der Waals surface area (Å²) in [5, 5.41) is 0. The Morgan fingerprint density at radius 2 is 1.68 bits per heavy atom. The number of aryl methyl sites for hydroxylation is 1. The minimum atomic E-state index is -3.72. The fraction of sp³-hybridized carbons (Fsp3) is 0.611. The van der Waals surface area contributed by atoms with Crippen LogP contribution in [0.25, 0.3) is 0 Å². The molecule has 0 spiro atoms. The summed E-state index contributed by atoms with van der Waals surface area (Å²) >= 11 is 0. The molecule has 0 aromatic heterocycles. The molecule has 7 heteroatoms. The van der Waals surface area contributed by atoms with E-state index in [9.17, 15) is 13.2 Å². The van der Waals surface area contributed by atoms with E-state index in [-0.39, 0.29) is 16.7 Å². The number of nitrogens with one attached hydrogen (secondary N) is 1. The van der Waals surface area contributed by atoms with Crippen molar-refractivity contribution in [3.8, 4) is 0 Å². The number of rotatable bonds is 6. The Morgan fingerprint density at radius 1 is 1.12 bits per heavy atom. The largest absolute Gasteiger partial charge is 0.339 e. The van der Waals surface area contributed by atoms with Crippen LogP contribution < -0.4 is 4.72 Å². The molecule has 1 fully saturated rings. The zero-order valence-electron chi connectivity index (χ0n) is 15.5. The van der Waals surface area contributed by atoms with Gasteiger partial charge >= 0.3 is 0 Å². The van der Waals surface area contributed by atoms with Crippen molar-refractivity contribution >= 4 is 15.9 Å². The molecule has 1 N–H and O–H groups in total. The van der Waals surface area contributed by atoms with E-state index in [1.54, 1.807) is 29.2 Å². The van der Waals surface area contributed by atoms with E-state index in [4.69, 9.17) is 0 Å². The van der Waals surface area contributed by atoms with Gasteiger partial charge in [0.05, 0.1) is 4.90 Å². The quantitative estimate of drug-likeness (QED) is 0.826. The Kier molecular flexibility index (Phi) is 6.59. The predicted octanol–water partition coefficient (Wildman–Crippen LogP) is 1.46. The Labute approximate surface area is 151 Å². The average molecular weight is 368 g/mol. The van der Waals surface area contributed by atoms with Gasteiger partial charge < -0.3 is 9.80 Å². The first kappa shape index (κ1) is 19.9. The molecule has 0 aliphatic carbocycles. The van der Waals surface area contributed by atoms with Gasteiger partial charge in [-0.25, -0.2) is 8.42 Å². The molecule has 0 saturated carbocycles. The Morgan fingerprint density at radius 3 is 2.20 bits per heavy atom. The van der Waals surface area contributed by atoms with Crippen LogP contribution >= 0.6 is 0 Å². The smallest absolute Gasteiger partial charge is 0.241 e. The molecular formula is C18H29N3O3S. The van der Waals surface area contributed by atoms with Crippen LogP contribution in [0.5, 0.6) is 0 Å². The van der Waals surface area contributed by atoms with Crippen LogP contribution in [0.1, 0.15) is 25.8 Å². The molecule has 25 heavy (non-hydrogen) atoms. The summed E-state index contributed by atoms with van der Waals surface area (Å²) in [6, 6.07) is 5.94. The van der Waals surface area contributed by atoms with Gasteiger partial charge in [-0.05, 0) is 38.4 Å². The maximum atomic E-state index is 12.9. The number of amides is 1. The standard InChI is InChI=1S/C18H29N3O3S/c1-14(2)13-17(18(22)21-11-9-20(4)10-12-21)19-25(23,24)16-7-5-15(3)6-8-16/h5-8,14,17,19H,9-13H2,1-4H3/t17-/m0/s1. The number of likely N-dealkylation sites (N-methyl/N-ethyl adjacent to an activating group) is 1. The summed E-state index contributed by atoms with van der Waals surface area (Å²) in [6.07, 6.45) is 0.482. The van der Waals surface area contributed by atoms with Crippen LogP contribution in [0.2, 0.25) is 0 Å². The fourth-order valence-electron chi connectivity index (χ4n) is 2.89. The first-order valence-corrected chi connectivity index (χ1v) is 10.2. The SMILES string of the molecule is Cc1ccc(S(=O)(=O)N[C@@H](CC(C)C)C(=O)N2CCN(C)CC2)cc1. The van der Waals surface area contributed by atoms with E-state index in [2.05, 4.69) is 9.62 Å². The van der Waals surface area contributed by atoms with Crippen LogP contribution in [0.3, 0.4) is 0 Å². The van der Waals surface area contributed by atoms with Crippen LogP contribution in [-0.2, 0) is 14.8 Å². The molecule has 1 aromatic carbocycles. The molecule has 1 aromatic rings. The molecule has 0 bridgehead atoms. The van der Waals surface area contributed by atoms with E-state index in [0.29, 0.717) is 19.5 Å². The molecule has 1 saturated heterocycles. The predicted molar refractivity (Wildman–Crippen MR) is 98.8 cm³/mol. The van der Waals surface area contributed by atoms with Gasteiger partial charge in [0.15, 0.2) is 0 Å². The second-order valence-electron chi connectivity index (χ2n) is 7.25. The summed E-state index contributed by atoms with van der Waals surface area (Å²) in [5.41, 5.74) is 0.992. The molecule has 1 atom stereocenters. The summed E-state index contributed by atoms with van der Waals surface area (Å²) in [4.78, 5) is 17.0. The Bertz CT molecular complexity index is 678. The number of nitrogens with zero attached hydrogens (tertiary/aromatic N) is 2. The van der Waals surface area contributed by atoms with E-state index in [1.807, 2.05) is 27.8 Å². The minimum Gasteiger partial charge on any atom is -0.339 e. The highest BCUT2D eigenvalue weighted by Crippen LogP contribution is 2.15. The van der Waals surface area contributed by atoms with Gasteiger partial charge in [-0.3, -0.25) is 4.79 Å². The minimum absolute atomic E-state index is 0.127. The third-order valence-electron chi connectivity index (χ3n) is 4.45. The van der Waals surface area contributed by atoms with Gasteiger partial charge in [0, 0.05) is 26.2 Å². The molecule has 6 nitrogen and oxygen atoms in total. The molecule has 2 rings (SSSR count). The molecular weight excluding hydrogens is 338 g/mol. The lowest BCUT2D eigenvalue weighted by molar-refractivity contribution is -0.135. The number of carbonyl (C=O) groups is 1. The molecule has 1 aliphatic heterocycles. The maximum Gasteiger partial charge on any atom is 0.241 e. The molecule has 1 heterocycles. The van der Waals surface area contributed by atoms with Gasteiger partial charge in [0.1, 0.15) is 6.04 Å². The van der Waals surface area contributed by atoms with E-state index in [1.165, 1.54) is 0 Å². The molecule has 140 valence electrons. The zero-order chi connectivity index (χ0) is 18.6. The van der Waals surface area contributed by atoms with Crippen LogP contribution in [-0.4, -0.2) is 63.4 Å². The number of benzene rings is 1. The van der Waals surface area contributed by atoms with Crippen molar-refractivity contribution in [2.24, 2.45) is 5.92 Å². The van der Waals surface area contributed by atoms with Crippen LogP contribution in [0.4, 0.5) is 0 Å². The lowest BCUT2D eigenvalue weighted by Gasteiger charge is -2.35. The van der Waals surface area contributed by atoms with Gasteiger partial charge in [-0.2, -0.15) is 4.72 Å². The number of hydrogen-bond acceptors (Lipinski definition) is 4. The Balaban J connectivity index is 2.16. The molecule has 0 unspecified atom stereocenters. The first-order valence-electron chi connectivity index (χ1n) is 8.75. The summed E-state index contributed by atoms with van der Waals surface area (Å²) < 4.78 is 28.0. The monoisotopic (exact) mass is 367 g/mol. The molecule has 1 aliphatic rings. The lowest BCUT2D eigenvalue weighted by atomic mass is 10.0. The average Bonchev–Trinajstić information content (AvgIpc) is 2.54. The van der Waals surface area contributed by atoms with Gasteiger partial charge in [-0.15, -0.1) is 0 Å².